The minimum atomic E-state index is -3.26. The zero-order valence-electron chi connectivity index (χ0n) is 17.1. The van der Waals surface area contributed by atoms with Gasteiger partial charge in [-0.3, -0.25) is 4.79 Å². The minimum absolute atomic E-state index is 0.0914. The van der Waals surface area contributed by atoms with Crippen molar-refractivity contribution in [3.8, 4) is 17.6 Å². The molecule has 1 amide bonds. The Balaban J connectivity index is 1.76. The smallest absolute Gasteiger partial charge is 0.387 e. The first-order valence-corrected chi connectivity index (χ1v) is 9.75. The summed E-state index contributed by atoms with van der Waals surface area (Å²) in [6.45, 7) is -3.68. The molecule has 3 rings (SSSR count). The number of ether oxygens (including phenoxy) is 3. The maximum Gasteiger partial charge on any atom is 0.387 e. The Morgan fingerprint density at radius 1 is 1.06 bits per heavy atom. The van der Waals surface area contributed by atoms with Gasteiger partial charge in [0.15, 0.2) is 0 Å². The van der Waals surface area contributed by atoms with Crippen LogP contribution in [-0.4, -0.2) is 45.4 Å². The number of benzene rings is 2. The van der Waals surface area contributed by atoms with Crippen LogP contribution in [0.15, 0.2) is 48.0 Å². The van der Waals surface area contributed by atoms with Gasteiger partial charge < -0.3 is 24.4 Å². The fourth-order valence-electron chi connectivity index (χ4n) is 3.09. The van der Waals surface area contributed by atoms with Crippen LogP contribution in [0.25, 0.3) is 6.08 Å². The lowest BCUT2D eigenvalue weighted by Gasteiger charge is -2.28. The maximum absolute atomic E-state index is 12.7. The third-order valence-electron chi connectivity index (χ3n) is 4.59. The molecule has 0 atom stereocenters. The molecule has 0 aliphatic carbocycles. The van der Waals surface area contributed by atoms with Crippen molar-refractivity contribution in [3.05, 3.63) is 53.6 Å². The number of anilines is 2. The zero-order chi connectivity index (χ0) is 23.8. The van der Waals surface area contributed by atoms with Crippen molar-refractivity contribution in [1.82, 2.24) is 0 Å². The monoisotopic (exact) mass is 465 g/mol. The molecule has 33 heavy (non-hydrogen) atoms. The summed E-state index contributed by atoms with van der Waals surface area (Å²) in [7, 11) is 0. The van der Waals surface area contributed by atoms with Gasteiger partial charge in [-0.05, 0) is 42.5 Å². The van der Waals surface area contributed by atoms with E-state index in [1.54, 1.807) is 18.2 Å². The number of alkyl halides is 4. The molecule has 0 spiro atoms. The first kappa shape index (κ1) is 23.9. The molecule has 0 unspecified atom stereocenters. The van der Waals surface area contributed by atoms with E-state index in [4.69, 9.17) is 4.74 Å². The van der Waals surface area contributed by atoms with Gasteiger partial charge in [0.05, 0.1) is 13.2 Å². The van der Waals surface area contributed by atoms with E-state index in [1.165, 1.54) is 0 Å². The topological polar surface area (TPSA) is 83.8 Å². The molecule has 7 nitrogen and oxygen atoms in total. The summed E-state index contributed by atoms with van der Waals surface area (Å²) < 4.78 is 64.1. The van der Waals surface area contributed by atoms with Crippen molar-refractivity contribution in [1.29, 1.82) is 5.26 Å². The van der Waals surface area contributed by atoms with Crippen LogP contribution in [0.3, 0.4) is 0 Å². The molecule has 11 heteroatoms. The van der Waals surface area contributed by atoms with Crippen LogP contribution in [0.5, 0.6) is 11.5 Å². The van der Waals surface area contributed by atoms with Gasteiger partial charge in [0.25, 0.3) is 5.91 Å². The van der Waals surface area contributed by atoms with Crippen LogP contribution in [0, 0.1) is 11.3 Å². The molecule has 1 saturated heterocycles. The SMILES string of the molecule is N#C/C(=C\c1ccc(OC(F)F)cc1OC(F)F)C(=O)Nc1ccc(N2CCOCC2)cc1. The number of rotatable bonds is 8. The number of morpholine rings is 1. The Kier molecular flexibility index (Phi) is 8.10. The molecule has 0 bridgehead atoms. The summed E-state index contributed by atoms with van der Waals surface area (Å²) >= 11 is 0. The van der Waals surface area contributed by atoms with Crippen LogP contribution >= 0.6 is 0 Å². The average molecular weight is 465 g/mol. The number of amides is 1. The highest BCUT2D eigenvalue weighted by Crippen LogP contribution is 2.29. The number of carbonyl (C=O) groups excluding carboxylic acids is 1. The summed E-state index contributed by atoms with van der Waals surface area (Å²) in [6, 6.07) is 11.7. The Hall–Kier alpha value is -3.78. The number of nitriles is 1. The van der Waals surface area contributed by atoms with Crippen LogP contribution in [0.1, 0.15) is 5.56 Å². The van der Waals surface area contributed by atoms with E-state index in [2.05, 4.69) is 19.7 Å². The molecule has 2 aromatic rings. The average Bonchev–Trinajstić information content (AvgIpc) is 2.79. The molecule has 0 saturated carbocycles. The molecular weight excluding hydrogens is 446 g/mol. The Labute approximate surface area is 186 Å². The normalized spacial score (nSPS) is 14.2. The van der Waals surface area contributed by atoms with E-state index in [-0.39, 0.29) is 5.56 Å². The van der Waals surface area contributed by atoms with Crippen LogP contribution in [-0.2, 0) is 9.53 Å². The quantitative estimate of drug-likeness (QED) is 0.356. The maximum atomic E-state index is 12.7. The van der Waals surface area contributed by atoms with Crippen molar-refractivity contribution in [3.63, 3.8) is 0 Å². The third kappa shape index (κ3) is 6.85. The lowest BCUT2D eigenvalue weighted by atomic mass is 10.1. The predicted molar refractivity (Wildman–Crippen MR) is 111 cm³/mol. The number of nitrogens with one attached hydrogen (secondary N) is 1. The van der Waals surface area contributed by atoms with E-state index in [9.17, 15) is 27.6 Å². The summed E-state index contributed by atoms with van der Waals surface area (Å²) in [5.41, 5.74) is 0.871. The van der Waals surface area contributed by atoms with E-state index in [0.29, 0.717) is 18.9 Å². The number of nitrogens with zero attached hydrogens (tertiary/aromatic N) is 2. The summed E-state index contributed by atoms with van der Waals surface area (Å²) in [4.78, 5) is 14.7. The fraction of sp³-hybridized carbons (Fsp3) is 0.273. The third-order valence-corrected chi connectivity index (χ3v) is 4.59. The van der Waals surface area contributed by atoms with E-state index >= 15 is 0 Å². The molecule has 1 heterocycles. The van der Waals surface area contributed by atoms with Gasteiger partial charge in [0, 0.05) is 36.1 Å². The zero-order valence-corrected chi connectivity index (χ0v) is 17.1. The fourth-order valence-corrected chi connectivity index (χ4v) is 3.09. The second-order valence-corrected chi connectivity index (χ2v) is 6.73. The van der Waals surface area contributed by atoms with Crippen molar-refractivity contribution in [2.75, 3.05) is 36.5 Å². The van der Waals surface area contributed by atoms with Crippen LogP contribution in [0.4, 0.5) is 28.9 Å². The van der Waals surface area contributed by atoms with Gasteiger partial charge in [-0.15, -0.1) is 0 Å². The number of hydrogen-bond acceptors (Lipinski definition) is 6. The predicted octanol–water partition coefficient (Wildman–Crippen LogP) is 4.27. The first-order valence-electron chi connectivity index (χ1n) is 9.75. The number of hydrogen-bond donors (Lipinski definition) is 1. The van der Waals surface area contributed by atoms with Gasteiger partial charge in [-0.25, -0.2) is 0 Å². The molecular formula is C22H19F4N3O4. The lowest BCUT2D eigenvalue weighted by Crippen LogP contribution is -2.36. The van der Waals surface area contributed by atoms with Crippen molar-refractivity contribution < 1.29 is 36.6 Å². The highest BCUT2D eigenvalue weighted by atomic mass is 19.3. The summed E-state index contributed by atoms with van der Waals surface area (Å²) in [6.07, 6.45) is 1.02. The molecule has 1 N–H and O–H groups in total. The molecule has 1 aliphatic rings. The Bertz CT molecular complexity index is 1030. The molecule has 2 aromatic carbocycles. The molecule has 174 valence electrons. The van der Waals surface area contributed by atoms with Gasteiger partial charge in [-0.2, -0.15) is 22.8 Å². The number of halogens is 4. The summed E-state index contributed by atoms with van der Waals surface area (Å²) in [5, 5.41) is 11.9. The van der Waals surface area contributed by atoms with Gasteiger partial charge in [0.2, 0.25) is 0 Å². The molecule has 0 aromatic heterocycles. The largest absolute Gasteiger partial charge is 0.435 e. The summed E-state index contributed by atoms with van der Waals surface area (Å²) in [5.74, 6) is -1.73. The highest BCUT2D eigenvalue weighted by Gasteiger charge is 2.16. The second-order valence-electron chi connectivity index (χ2n) is 6.73. The standard InChI is InChI=1S/C22H19F4N3O4/c23-21(24)32-18-6-1-14(19(12-18)33-22(25)26)11-15(13-27)20(30)28-16-2-4-17(5-3-16)29-7-9-31-10-8-29/h1-6,11-12,21-22H,7-10H2,(H,28,30)/b15-11+. The Morgan fingerprint density at radius 3 is 2.33 bits per heavy atom. The van der Waals surface area contributed by atoms with Crippen molar-refractivity contribution >= 4 is 23.4 Å². The van der Waals surface area contributed by atoms with Gasteiger partial charge >= 0.3 is 13.2 Å². The molecule has 1 aliphatic heterocycles. The lowest BCUT2D eigenvalue weighted by molar-refractivity contribution is -0.112. The number of carbonyl (C=O) groups is 1. The Morgan fingerprint density at radius 2 is 1.73 bits per heavy atom. The second kappa shape index (κ2) is 11.2. The van der Waals surface area contributed by atoms with Crippen molar-refractivity contribution in [2.24, 2.45) is 0 Å². The molecule has 0 radical (unpaired) electrons. The minimum Gasteiger partial charge on any atom is -0.435 e. The first-order chi connectivity index (χ1) is 15.9. The van der Waals surface area contributed by atoms with E-state index < -0.39 is 36.2 Å². The van der Waals surface area contributed by atoms with Crippen LogP contribution < -0.4 is 19.7 Å². The van der Waals surface area contributed by atoms with E-state index in [0.717, 1.165) is 43.1 Å². The van der Waals surface area contributed by atoms with E-state index in [1.807, 2.05) is 12.1 Å². The van der Waals surface area contributed by atoms with Gasteiger partial charge in [-0.1, -0.05) is 0 Å². The van der Waals surface area contributed by atoms with Crippen molar-refractivity contribution in [2.45, 2.75) is 13.2 Å². The van der Waals surface area contributed by atoms with Crippen LogP contribution in [0.2, 0.25) is 0 Å². The van der Waals surface area contributed by atoms with Gasteiger partial charge in [0.1, 0.15) is 23.1 Å². The molecule has 1 fully saturated rings. The highest BCUT2D eigenvalue weighted by molar-refractivity contribution is 6.09.